The molecule has 3 aromatic rings. The van der Waals surface area contributed by atoms with Crippen molar-refractivity contribution in [1.29, 1.82) is 0 Å². The fourth-order valence-corrected chi connectivity index (χ4v) is 10.9. The Hall–Kier alpha value is -2.06. The molecule has 0 atom stereocenters. The van der Waals surface area contributed by atoms with E-state index in [9.17, 15) is 27.5 Å². The predicted octanol–water partition coefficient (Wildman–Crippen LogP) is 3.78. The Balaban J connectivity index is 0.000000440. The van der Waals surface area contributed by atoms with E-state index in [0.717, 1.165) is 27.0 Å². The summed E-state index contributed by atoms with van der Waals surface area (Å²) in [4.78, 5) is 20.1. The number of rotatable bonds is 5. The van der Waals surface area contributed by atoms with E-state index >= 15 is 0 Å². The van der Waals surface area contributed by atoms with Crippen LogP contribution in [0.4, 0.5) is 13.2 Å². The highest BCUT2D eigenvalue weighted by atomic mass is 32.2. The molecule has 0 bridgehead atoms. The SMILES string of the molecule is Cc1cccc([P+](CP(=O)(O)O)(c2ccccc2)c2ccccc2)c1C.O=S(=O)([O-])C(F)(F)F. The summed E-state index contributed by atoms with van der Waals surface area (Å²) in [6.07, 6.45) is 0. The van der Waals surface area contributed by atoms with E-state index in [4.69, 9.17) is 13.0 Å². The van der Waals surface area contributed by atoms with Gasteiger partial charge >= 0.3 is 13.1 Å². The fraction of sp³-hybridized carbons (Fsp3) is 0.182. The summed E-state index contributed by atoms with van der Waals surface area (Å²) in [6, 6.07) is 25.7. The van der Waals surface area contributed by atoms with E-state index in [-0.39, 0.29) is 5.90 Å². The molecule has 34 heavy (non-hydrogen) atoms. The van der Waals surface area contributed by atoms with Crippen LogP contribution in [0.25, 0.3) is 0 Å². The number of halogens is 3. The number of aryl methyl sites for hydroxylation is 1. The van der Waals surface area contributed by atoms with Gasteiger partial charge in [0.15, 0.2) is 16.0 Å². The average Bonchev–Trinajstić information content (AvgIpc) is 2.74. The van der Waals surface area contributed by atoms with Gasteiger partial charge in [-0.25, -0.2) is 8.42 Å². The third kappa shape index (κ3) is 6.75. The summed E-state index contributed by atoms with van der Waals surface area (Å²) in [7, 11) is -12.9. The lowest BCUT2D eigenvalue weighted by molar-refractivity contribution is -0.0517. The molecule has 2 N–H and O–H groups in total. The monoisotopic (exact) mass is 534 g/mol. The maximum atomic E-state index is 12.3. The van der Waals surface area contributed by atoms with Gasteiger partial charge in [0.25, 0.3) is 0 Å². The molecule has 0 aliphatic carbocycles. The smallest absolute Gasteiger partial charge is 0.485 e. The number of hydrogen-bond donors (Lipinski definition) is 2. The van der Waals surface area contributed by atoms with Crippen molar-refractivity contribution in [3.8, 4) is 0 Å². The van der Waals surface area contributed by atoms with Gasteiger partial charge in [-0.05, 0) is 55.3 Å². The van der Waals surface area contributed by atoms with Crippen LogP contribution in [0.5, 0.6) is 0 Å². The van der Waals surface area contributed by atoms with Gasteiger partial charge in [0.2, 0.25) is 0 Å². The first-order valence-corrected chi connectivity index (χ1v) is 14.9. The molecule has 6 nitrogen and oxygen atoms in total. The second-order valence-electron chi connectivity index (χ2n) is 7.41. The Labute approximate surface area is 196 Å². The van der Waals surface area contributed by atoms with Gasteiger partial charge in [0, 0.05) is 0 Å². The lowest BCUT2D eigenvalue weighted by Gasteiger charge is -2.29. The average molecular weight is 534 g/mol. The third-order valence-electron chi connectivity index (χ3n) is 5.06. The van der Waals surface area contributed by atoms with Crippen molar-refractivity contribution >= 4 is 40.9 Å². The van der Waals surface area contributed by atoms with Crippen molar-refractivity contribution in [3.05, 3.63) is 90.0 Å². The van der Waals surface area contributed by atoms with Crippen LogP contribution in [-0.2, 0) is 14.7 Å². The first-order chi connectivity index (χ1) is 15.6. The molecule has 0 aliphatic heterocycles. The van der Waals surface area contributed by atoms with Crippen LogP contribution in [0.3, 0.4) is 0 Å². The summed E-state index contributed by atoms with van der Waals surface area (Å²) in [5, 5.41) is 3.02. The topological polar surface area (TPSA) is 115 Å². The van der Waals surface area contributed by atoms with Gasteiger partial charge < -0.3 is 14.3 Å². The zero-order valence-corrected chi connectivity index (χ0v) is 20.8. The molecule has 0 amide bonds. The second kappa shape index (κ2) is 10.7. The molecular formula is C22H23F3O6P2S. The highest BCUT2D eigenvalue weighted by molar-refractivity contribution is 8.00. The van der Waals surface area contributed by atoms with Crippen LogP contribution in [-0.4, -0.2) is 34.2 Å². The molecule has 184 valence electrons. The molecule has 3 rings (SSSR count). The Kier molecular flexibility index (Phi) is 8.86. The van der Waals surface area contributed by atoms with Crippen LogP contribution in [0.15, 0.2) is 78.9 Å². The minimum absolute atomic E-state index is 0.168. The van der Waals surface area contributed by atoms with Gasteiger partial charge in [-0.15, -0.1) is 0 Å². The minimum Gasteiger partial charge on any atom is -0.741 e. The molecule has 0 saturated heterocycles. The van der Waals surface area contributed by atoms with Gasteiger partial charge in [-0.2, -0.15) is 13.2 Å². The van der Waals surface area contributed by atoms with Gasteiger partial charge in [-0.3, -0.25) is 4.57 Å². The van der Waals surface area contributed by atoms with Crippen LogP contribution >= 0.6 is 14.9 Å². The maximum absolute atomic E-state index is 12.3. The lowest BCUT2D eigenvalue weighted by Crippen LogP contribution is -2.35. The zero-order valence-electron chi connectivity index (χ0n) is 18.2. The third-order valence-corrected chi connectivity index (χ3v) is 12.5. The van der Waals surface area contributed by atoms with Crippen LogP contribution in [0.1, 0.15) is 11.1 Å². The summed E-state index contributed by atoms with van der Waals surface area (Å²) >= 11 is 0. The molecule has 0 heterocycles. The minimum atomic E-state index is -6.09. The largest absolute Gasteiger partial charge is 0.741 e. The van der Waals surface area contributed by atoms with E-state index in [0.29, 0.717) is 0 Å². The summed E-state index contributed by atoms with van der Waals surface area (Å²) in [6.45, 7) is 4.09. The molecule has 0 aliphatic rings. The molecule has 0 spiro atoms. The number of benzene rings is 3. The predicted molar refractivity (Wildman–Crippen MR) is 127 cm³/mol. The molecule has 0 unspecified atom stereocenters. The van der Waals surface area contributed by atoms with Crippen molar-refractivity contribution in [1.82, 2.24) is 0 Å². The first kappa shape index (κ1) is 28.2. The molecule has 0 aromatic heterocycles. The Morgan fingerprint density at radius 1 is 0.853 bits per heavy atom. The zero-order chi connectivity index (χ0) is 25.8. The lowest BCUT2D eigenvalue weighted by atomic mass is 10.1. The maximum Gasteiger partial charge on any atom is 0.485 e. The normalized spacial score (nSPS) is 12.6. The van der Waals surface area contributed by atoms with E-state index in [1.165, 1.54) is 0 Å². The Bertz CT molecular complexity index is 1220. The summed E-state index contributed by atoms with van der Waals surface area (Å²) < 4.78 is 71.2. The van der Waals surface area contributed by atoms with E-state index in [1.54, 1.807) is 0 Å². The first-order valence-electron chi connectivity index (χ1n) is 9.72. The van der Waals surface area contributed by atoms with E-state index in [1.807, 2.05) is 92.7 Å². The second-order valence-corrected chi connectivity index (χ2v) is 14.4. The Morgan fingerprint density at radius 2 is 1.26 bits per heavy atom. The van der Waals surface area contributed by atoms with Crippen molar-refractivity contribution in [2.45, 2.75) is 19.4 Å². The summed E-state index contributed by atoms with van der Waals surface area (Å²) in [5.74, 6) is -0.168. The highest BCUT2D eigenvalue weighted by Crippen LogP contribution is 2.64. The van der Waals surface area contributed by atoms with Gasteiger partial charge in [-0.1, -0.05) is 48.5 Å². The van der Waals surface area contributed by atoms with Crippen LogP contribution < -0.4 is 15.9 Å². The molecular weight excluding hydrogens is 511 g/mol. The number of hydrogen-bond acceptors (Lipinski definition) is 4. The fourth-order valence-electron chi connectivity index (χ4n) is 3.46. The van der Waals surface area contributed by atoms with Crippen molar-refractivity contribution in [3.63, 3.8) is 0 Å². The molecule has 0 radical (unpaired) electrons. The molecule has 0 fully saturated rings. The van der Waals surface area contributed by atoms with Gasteiger partial charge in [0.05, 0.1) is 0 Å². The summed E-state index contributed by atoms with van der Waals surface area (Å²) in [5.41, 5.74) is -3.42. The van der Waals surface area contributed by atoms with Crippen molar-refractivity contribution in [2.24, 2.45) is 0 Å². The number of alkyl halides is 3. The van der Waals surface area contributed by atoms with Crippen LogP contribution in [0.2, 0.25) is 0 Å². The molecule has 12 heteroatoms. The van der Waals surface area contributed by atoms with E-state index < -0.39 is 30.5 Å². The quantitative estimate of drug-likeness (QED) is 0.293. The van der Waals surface area contributed by atoms with Gasteiger partial charge in [0.1, 0.15) is 23.2 Å². The molecule has 0 saturated carbocycles. The Morgan fingerprint density at radius 3 is 1.62 bits per heavy atom. The molecule has 3 aromatic carbocycles. The standard InChI is InChI=1S/C21H22O3P2.CHF3O3S/c1-17-10-9-15-21(18(17)2)25(16-26(22,23)24,19-11-5-3-6-12-19)20-13-7-4-8-14-20;2-1(3,4)8(5,6)7/h3-15H,16H2,1-2H3,(H-,22,23,24);(H,5,6,7). The van der Waals surface area contributed by atoms with E-state index in [2.05, 4.69) is 0 Å². The van der Waals surface area contributed by atoms with Crippen molar-refractivity contribution < 1.29 is 40.5 Å². The van der Waals surface area contributed by atoms with Crippen molar-refractivity contribution in [2.75, 3.05) is 5.90 Å². The van der Waals surface area contributed by atoms with Crippen LogP contribution in [0, 0.1) is 13.8 Å². The highest BCUT2D eigenvalue weighted by Gasteiger charge is 2.51.